The van der Waals surface area contributed by atoms with Crippen molar-refractivity contribution < 1.29 is 37.8 Å². The number of alkyl halides is 3. The monoisotopic (exact) mass is 324 g/mol. The zero-order chi connectivity index (χ0) is 16.8. The first-order chi connectivity index (χ1) is 10.2. The molecule has 0 fully saturated rings. The molecule has 0 spiro atoms. The van der Waals surface area contributed by atoms with E-state index in [2.05, 4.69) is 4.84 Å². The van der Waals surface area contributed by atoms with Crippen molar-refractivity contribution in [1.82, 2.24) is 10.0 Å². The average molecular weight is 324 g/mol. The molecule has 0 aromatic carbocycles. The molecule has 22 heavy (non-hydrogen) atoms. The van der Waals surface area contributed by atoms with Crippen LogP contribution in [0.5, 0.6) is 11.8 Å². The molecule has 1 amide bonds. The van der Waals surface area contributed by atoms with Crippen LogP contribution in [0.1, 0.15) is 25.7 Å². The van der Waals surface area contributed by atoms with Gasteiger partial charge in [-0.2, -0.15) is 13.2 Å². The third-order valence-electron chi connectivity index (χ3n) is 2.59. The van der Waals surface area contributed by atoms with Crippen LogP contribution in [0.15, 0.2) is 12.1 Å². The summed E-state index contributed by atoms with van der Waals surface area (Å²) in [7, 11) is 0. The standard InChI is InChI=1S/C12H15F3N2O5/c13-12(14,15)11(21)16-7-3-1-2-4-10(20)22-17-8(18)5-6-9(17)19/h5-6,18-19H,1-4,7H2,(H,16,21). The normalized spacial score (nSPS) is 11.2. The van der Waals surface area contributed by atoms with Crippen LogP contribution >= 0.6 is 0 Å². The summed E-state index contributed by atoms with van der Waals surface area (Å²) in [5, 5.41) is 20.2. The van der Waals surface area contributed by atoms with Crippen molar-refractivity contribution in [1.29, 1.82) is 0 Å². The highest BCUT2D eigenvalue weighted by molar-refractivity contribution is 5.81. The summed E-state index contributed by atoms with van der Waals surface area (Å²) >= 11 is 0. The zero-order valence-corrected chi connectivity index (χ0v) is 11.4. The van der Waals surface area contributed by atoms with E-state index in [1.165, 1.54) is 0 Å². The Hall–Kier alpha value is -2.39. The minimum Gasteiger partial charge on any atom is -0.492 e. The molecule has 0 bridgehead atoms. The molecule has 124 valence electrons. The van der Waals surface area contributed by atoms with Crippen LogP contribution in [0, 0.1) is 0 Å². The molecule has 0 aliphatic heterocycles. The fourth-order valence-electron chi connectivity index (χ4n) is 1.52. The topological polar surface area (TPSA) is 101 Å². The number of aromatic hydroxyl groups is 2. The van der Waals surface area contributed by atoms with Crippen LogP contribution < -0.4 is 10.2 Å². The summed E-state index contributed by atoms with van der Waals surface area (Å²) in [5.74, 6) is -3.60. The van der Waals surface area contributed by atoms with Crippen molar-refractivity contribution in [2.24, 2.45) is 0 Å². The van der Waals surface area contributed by atoms with E-state index in [0.29, 0.717) is 17.6 Å². The number of amides is 1. The molecular formula is C12H15F3N2O5. The highest BCUT2D eigenvalue weighted by Gasteiger charge is 2.38. The summed E-state index contributed by atoms with van der Waals surface area (Å²) in [6.45, 7) is -0.146. The Morgan fingerprint density at radius 2 is 1.73 bits per heavy atom. The van der Waals surface area contributed by atoms with Crippen LogP contribution in [-0.4, -0.2) is 39.5 Å². The Labute approximate surface area is 123 Å². The van der Waals surface area contributed by atoms with Crippen molar-refractivity contribution >= 4 is 11.9 Å². The summed E-state index contributed by atoms with van der Waals surface area (Å²) in [6, 6.07) is 2.26. The second kappa shape index (κ2) is 7.57. The number of hydrogen-bond acceptors (Lipinski definition) is 5. The minimum atomic E-state index is -4.90. The SMILES string of the molecule is O=C(CCCCCNC(=O)C(F)(F)F)On1c(O)ccc1O. The van der Waals surface area contributed by atoms with E-state index in [1.807, 2.05) is 0 Å². The Morgan fingerprint density at radius 3 is 2.27 bits per heavy atom. The number of halogens is 3. The van der Waals surface area contributed by atoms with Gasteiger partial charge in [0.25, 0.3) is 0 Å². The first-order valence-corrected chi connectivity index (χ1v) is 6.37. The lowest BCUT2D eigenvalue weighted by atomic mass is 10.2. The van der Waals surface area contributed by atoms with Gasteiger partial charge in [-0.1, -0.05) is 6.42 Å². The van der Waals surface area contributed by atoms with Crippen molar-refractivity contribution in [3.8, 4) is 11.8 Å². The fourth-order valence-corrected chi connectivity index (χ4v) is 1.52. The summed E-state index contributed by atoms with van der Waals surface area (Å²) in [6.07, 6.45) is -3.95. The zero-order valence-electron chi connectivity index (χ0n) is 11.4. The lowest BCUT2D eigenvalue weighted by Gasteiger charge is -2.08. The van der Waals surface area contributed by atoms with E-state index >= 15 is 0 Å². The second-order valence-electron chi connectivity index (χ2n) is 4.37. The molecule has 3 N–H and O–H groups in total. The van der Waals surface area contributed by atoms with Crippen molar-refractivity contribution in [3.05, 3.63) is 12.1 Å². The highest BCUT2D eigenvalue weighted by Crippen LogP contribution is 2.19. The first-order valence-electron chi connectivity index (χ1n) is 6.37. The number of nitrogens with one attached hydrogen (secondary N) is 1. The van der Waals surface area contributed by atoms with Crippen LogP contribution in [0.4, 0.5) is 13.2 Å². The van der Waals surface area contributed by atoms with Gasteiger partial charge in [0.2, 0.25) is 11.8 Å². The molecule has 0 saturated heterocycles. The molecule has 0 atom stereocenters. The maximum Gasteiger partial charge on any atom is 0.471 e. The van der Waals surface area contributed by atoms with Crippen LogP contribution in [0.3, 0.4) is 0 Å². The number of unbranched alkanes of at least 4 members (excludes halogenated alkanes) is 2. The van der Waals surface area contributed by atoms with Gasteiger partial charge in [-0.3, -0.25) is 4.79 Å². The van der Waals surface area contributed by atoms with Crippen LogP contribution in [0.2, 0.25) is 0 Å². The van der Waals surface area contributed by atoms with E-state index in [4.69, 9.17) is 0 Å². The molecule has 0 aliphatic rings. The average Bonchev–Trinajstić information content (AvgIpc) is 2.73. The van der Waals surface area contributed by atoms with E-state index in [0.717, 1.165) is 12.1 Å². The number of aromatic nitrogens is 1. The Balaban J connectivity index is 2.15. The predicted molar refractivity (Wildman–Crippen MR) is 66.9 cm³/mol. The summed E-state index contributed by atoms with van der Waals surface area (Å²) in [5.41, 5.74) is 0. The van der Waals surface area contributed by atoms with E-state index in [1.54, 1.807) is 5.32 Å². The van der Waals surface area contributed by atoms with Crippen LogP contribution in [0.25, 0.3) is 0 Å². The molecule has 1 rings (SSSR count). The lowest BCUT2D eigenvalue weighted by Crippen LogP contribution is -2.37. The van der Waals surface area contributed by atoms with Crippen molar-refractivity contribution in [2.45, 2.75) is 31.9 Å². The largest absolute Gasteiger partial charge is 0.492 e. The summed E-state index contributed by atoms with van der Waals surface area (Å²) < 4.78 is 36.1. The van der Waals surface area contributed by atoms with Crippen molar-refractivity contribution in [3.63, 3.8) is 0 Å². The molecule has 0 saturated carbocycles. The summed E-state index contributed by atoms with van der Waals surface area (Å²) in [4.78, 5) is 26.6. The molecule has 1 aromatic rings. The number of nitrogens with zero attached hydrogens (tertiary/aromatic N) is 1. The molecule has 10 heteroatoms. The molecule has 1 aromatic heterocycles. The lowest BCUT2D eigenvalue weighted by molar-refractivity contribution is -0.173. The molecule has 7 nitrogen and oxygen atoms in total. The van der Waals surface area contributed by atoms with Gasteiger partial charge in [0, 0.05) is 25.1 Å². The van der Waals surface area contributed by atoms with Gasteiger partial charge in [-0.25, -0.2) is 4.79 Å². The van der Waals surface area contributed by atoms with Gasteiger partial charge in [0.1, 0.15) is 0 Å². The van der Waals surface area contributed by atoms with Gasteiger partial charge in [0.05, 0.1) is 0 Å². The van der Waals surface area contributed by atoms with Crippen LogP contribution in [-0.2, 0) is 9.59 Å². The number of carbonyl (C=O) groups is 2. The van der Waals surface area contributed by atoms with Gasteiger partial charge in [0.15, 0.2) is 0 Å². The van der Waals surface area contributed by atoms with E-state index in [-0.39, 0.29) is 19.4 Å². The maximum atomic E-state index is 11.9. The Morgan fingerprint density at radius 1 is 1.14 bits per heavy atom. The fraction of sp³-hybridized carbons (Fsp3) is 0.500. The number of hydrogen-bond donors (Lipinski definition) is 3. The Bertz CT molecular complexity index is 508. The third kappa shape index (κ3) is 5.54. The maximum absolute atomic E-state index is 11.9. The first kappa shape index (κ1) is 17.7. The van der Waals surface area contributed by atoms with E-state index in [9.17, 15) is 33.0 Å². The van der Waals surface area contributed by atoms with Gasteiger partial charge in [-0.05, 0) is 12.8 Å². The van der Waals surface area contributed by atoms with Gasteiger partial charge in [-0.15, -0.1) is 4.73 Å². The van der Waals surface area contributed by atoms with Gasteiger partial charge < -0.3 is 20.4 Å². The second-order valence-corrected chi connectivity index (χ2v) is 4.37. The molecule has 0 radical (unpaired) electrons. The van der Waals surface area contributed by atoms with Crippen molar-refractivity contribution in [2.75, 3.05) is 6.54 Å². The number of rotatable bonds is 7. The minimum absolute atomic E-state index is 0.0513. The third-order valence-corrected chi connectivity index (χ3v) is 2.59. The quantitative estimate of drug-likeness (QED) is 0.652. The highest BCUT2D eigenvalue weighted by atomic mass is 19.4. The molecule has 0 unspecified atom stereocenters. The molecular weight excluding hydrogens is 309 g/mol. The van der Waals surface area contributed by atoms with Gasteiger partial charge >= 0.3 is 18.1 Å². The molecule has 1 heterocycles. The van der Waals surface area contributed by atoms with E-state index < -0.39 is 29.8 Å². The predicted octanol–water partition coefficient (Wildman–Crippen LogP) is 1.09. The number of carbonyl (C=O) groups excluding carboxylic acids is 2. The molecule has 0 aliphatic carbocycles. The smallest absolute Gasteiger partial charge is 0.471 e. The Kier molecular flexibility index (Phi) is 6.08.